The summed E-state index contributed by atoms with van der Waals surface area (Å²) in [5.74, 6) is 0.663. The van der Waals surface area contributed by atoms with Gasteiger partial charge in [0.2, 0.25) is 5.88 Å². The van der Waals surface area contributed by atoms with Crippen LogP contribution in [0.3, 0.4) is 0 Å². The number of aromatic nitrogens is 1. The molecular formula is C7H8NO. The van der Waals surface area contributed by atoms with E-state index in [0.717, 1.165) is 0 Å². The monoisotopic (exact) mass is 122 g/mol. The molecule has 0 fully saturated rings. The maximum absolute atomic E-state index is 5.07. The van der Waals surface area contributed by atoms with E-state index in [1.165, 1.54) is 0 Å². The number of ether oxygens (including phenoxy) is 1. The molecule has 0 saturated heterocycles. The molecule has 1 aromatic rings. The van der Waals surface area contributed by atoms with Crippen molar-refractivity contribution in [1.29, 1.82) is 0 Å². The first-order valence-corrected chi connectivity index (χ1v) is 2.88. The van der Waals surface area contributed by atoms with E-state index < -0.39 is 0 Å². The van der Waals surface area contributed by atoms with Crippen LogP contribution >= 0.6 is 0 Å². The minimum absolute atomic E-state index is 0.663. The fraction of sp³-hybridized carbons (Fsp3) is 0.286. The summed E-state index contributed by atoms with van der Waals surface area (Å²) in [6, 6.07) is 6.36. The van der Waals surface area contributed by atoms with E-state index in [9.17, 15) is 0 Å². The highest BCUT2D eigenvalue weighted by Gasteiger charge is 1.85. The van der Waals surface area contributed by atoms with Crippen molar-refractivity contribution in [3.05, 3.63) is 24.4 Å². The number of pyridine rings is 1. The molecule has 0 aliphatic heterocycles. The predicted octanol–water partition coefficient (Wildman–Crippen LogP) is 1.28. The second-order valence-electron chi connectivity index (χ2n) is 1.53. The van der Waals surface area contributed by atoms with Crippen molar-refractivity contribution in [3.8, 4) is 5.88 Å². The lowest BCUT2D eigenvalue weighted by Crippen LogP contribution is -1.92. The van der Waals surface area contributed by atoms with Gasteiger partial charge in [0.1, 0.15) is 0 Å². The summed E-state index contributed by atoms with van der Waals surface area (Å²) in [6.07, 6.45) is 1.59. The third-order valence-electron chi connectivity index (χ3n) is 0.881. The Bertz CT molecular complexity index is 162. The van der Waals surface area contributed by atoms with Gasteiger partial charge < -0.3 is 4.74 Å². The molecule has 0 aliphatic carbocycles. The van der Waals surface area contributed by atoms with Gasteiger partial charge in [-0.1, -0.05) is 0 Å². The topological polar surface area (TPSA) is 22.1 Å². The SMILES string of the molecule is CCOc1cc[c]cn1. The molecule has 9 heavy (non-hydrogen) atoms. The summed E-state index contributed by atoms with van der Waals surface area (Å²) < 4.78 is 5.07. The minimum atomic E-state index is 0.663. The van der Waals surface area contributed by atoms with Crippen molar-refractivity contribution in [2.45, 2.75) is 6.92 Å². The molecule has 1 rings (SSSR count). The summed E-state index contributed by atoms with van der Waals surface area (Å²) in [5, 5.41) is 0. The van der Waals surface area contributed by atoms with Crippen LogP contribution in [0.4, 0.5) is 0 Å². The largest absolute Gasteiger partial charge is 0.478 e. The molecule has 47 valence electrons. The van der Waals surface area contributed by atoms with Crippen LogP contribution < -0.4 is 4.74 Å². The summed E-state index contributed by atoms with van der Waals surface area (Å²) >= 11 is 0. The van der Waals surface area contributed by atoms with Crippen LogP contribution in [-0.4, -0.2) is 11.6 Å². The van der Waals surface area contributed by atoms with Crippen LogP contribution in [0.2, 0.25) is 0 Å². The molecule has 0 saturated carbocycles. The van der Waals surface area contributed by atoms with E-state index in [-0.39, 0.29) is 0 Å². The molecule has 1 aromatic heterocycles. The first kappa shape index (κ1) is 6.08. The summed E-state index contributed by atoms with van der Waals surface area (Å²) in [6.45, 7) is 2.59. The smallest absolute Gasteiger partial charge is 0.213 e. The van der Waals surface area contributed by atoms with Crippen molar-refractivity contribution in [2.24, 2.45) is 0 Å². The van der Waals surface area contributed by atoms with E-state index in [1.807, 2.05) is 6.92 Å². The average Bonchev–Trinajstić information content (AvgIpc) is 1.91. The van der Waals surface area contributed by atoms with Crippen LogP contribution in [0.25, 0.3) is 0 Å². The molecule has 0 atom stereocenters. The molecule has 0 aromatic carbocycles. The van der Waals surface area contributed by atoms with Gasteiger partial charge in [-0.3, -0.25) is 0 Å². The van der Waals surface area contributed by atoms with Gasteiger partial charge in [0.25, 0.3) is 0 Å². The molecule has 0 N–H and O–H groups in total. The van der Waals surface area contributed by atoms with Gasteiger partial charge in [-0.15, -0.1) is 0 Å². The quantitative estimate of drug-likeness (QED) is 0.589. The molecule has 1 radical (unpaired) electrons. The van der Waals surface area contributed by atoms with Gasteiger partial charge in [-0.2, -0.15) is 0 Å². The van der Waals surface area contributed by atoms with Crippen LogP contribution in [0.1, 0.15) is 6.92 Å². The van der Waals surface area contributed by atoms with Gasteiger partial charge >= 0.3 is 0 Å². The zero-order valence-electron chi connectivity index (χ0n) is 5.29. The van der Waals surface area contributed by atoms with Gasteiger partial charge in [0, 0.05) is 18.3 Å². The van der Waals surface area contributed by atoms with Crippen molar-refractivity contribution in [1.82, 2.24) is 4.98 Å². The maximum atomic E-state index is 5.07. The van der Waals surface area contributed by atoms with Crippen molar-refractivity contribution >= 4 is 0 Å². The van der Waals surface area contributed by atoms with Crippen LogP contribution in [0.5, 0.6) is 5.88 Å². The molecule has 2 nitrogen and oxygen atoms in total. The highest BCUT2D eigenvalue weighted by atomic mass is 16.5. The Balaban J connectivity index is 2.61. The molecular weight excluding hydrogens is 114 g/mol. The Morgan fingerprint density at radius 1 is 1.78 bits per heavy atom. The summed E-state index contributed by atoms with van der Waals surface area (Å²) in [5.41, 5.74) is 0. The summed E-state index contributed by atoms with van der Waals surface area (Å²) in [7, 11) is 0. The van der Waals surface area contributed by atoms with E-state index >= 15 is 0 Å². The molecule has 2 heteroatoms. The normalized spacial score (nSPS) is 9.00. The Hall–Kier alpha value is -1.05. The molecule has 0 unspecified atom stereocenters. The van der Waals surface area contributed by atoms with Gasteiger partial charge in [0.15, 0.2) is 0 Å². The van der Waals surface area contributed by atoms with Gasteiger partial charge in [0.05, 0.1) is 6.61 Å². The van der Waals surface area contributed by atoms with E-state index in [1.54, 1.807) is 18.3 Å². The van der Waals surface area contributed by atoms with Crippen LogP contribution in [-0.2, 0) is 0 Å². The third kappa shape index (κ3) is 1.72. The van der Waals surface area contributed by atoms with Crippen molar-refractivity contribution in [2.75, 3.05) is 6.61 Å². The van der Waals surface area contributed by atoms with E-state index in [4.69, 9.17) is 4.74 Å². The highest BCUT2D eigenvalue weighted by molar-refractivity contribution is 5.07. The van der Waals surface area contributed by atoms with E-state index in [0.29, 0.717) is 12.5 Å². The predicted molar refractivity (Wildman–Crippen MR) is 34.2 cm³/mol. The molecule has 0 amide bonds. The zero-order valence-corrected chi connectivity index (χ0v) is 5.29. The highest BCUT2D eigenvalue weighted by Crippen LogP contribution is 2.01. The van der Waals surface area contributed by atoms with Crippen molar-refractivity contribution < 1.29 is 4.74 Å². The number of nitrogens with zero attached hydrogens (tertiary/aromatic N) is 1. The molecule has 0 aliphatic rings. The number of rotatable bonds is 2. The molecule has 0 spiro atoms. The number of hydrogen-bond acceptors (Lipinski definition) is 2. The van der Waals surface area contributed by atoms with Gasteiger partial charge in [-0.05, 0) is 13.0 Å². The Kier molecular flexibility index (Phi) is 2.07. The molecule has 1 heterocycles. The van der Waals surface area contributed by atoms with Crippen LogP contribution in [0, 0.1) is 6.07 Å². The van der Waals surface area contributed by atoms with Crippen LogP contribution in [0.15, 0.2) is 18.3 Å². The summed E-state index contributed by atoms with van der Waals surface area (Å²) in [4.78, 5) is 3.89. The standard InChI is InChI=1S/C7H8NO/c1-2-9-7-5-3-4-6-8-7/h3,5-6H,2H2,1H3. The Morgan fingerprint density at radius 2 is 2.67 bits per heavy atom. The lowest BCUT2D eigenvalue weighted by Gasteiger charge is -1.97. The molecule has 0 bridgehead atoms. The number of hydrogen-bond donors (Lipinski definition) is 0. The van der Waals surface area contributed by atoms with E-state index in [2.05, 4.69) is 11.1 Å². The van der Waals surface area contributed by atoms with Crippen molar-refractivity contribution in [3.63, 3.8) is 0 Å². The Labute approximate surface area is 54.5 Å². The third-order valence-corrected chi connectivity index (χ3v) is 0.881. The minimum Gasteiger partial charge on any atom is -0.478 e. The zero-order chi connectivity index (χ0) is 6.53. The average molecular weight is 122 g/mol. The fourth-order valence-corrected chi connectivity index (χ4v) is 0.540. The van der Waals surface area contributed by atoms with Gasteiger partial charge in [-0.25, -0.2) is 4.98 Å². The Morgan fingerprint density at radius 3 is 3.22 bits per heavy atom. The fourth-order valence-electron chi connectivity index (χ4n) is 0.540. The maximum Gasteiger partial charge on any atom is 0.213 e. The second-order valence-corrected chi connectivity index (χ2v) is 1.53. The first-order chi connectivity index (χ1) is 4.43. The lowest BCUT2D eigenvalue weighted by molar-refractivity contribution is 0.327. The lowest BCUT2D eigenvalue weighted by atomic mass is 10.5. The second kappa shape index (κ2) is 3.07. The first-order valence-electron chi connectivity index (χ1n) is 2.88.